The van der Waals surface area contributed by atoms with E-state index in [4.69, 9.17) is 0 Å². The first-order valence-corrected chi connectivity index (χ1v) is 18.6. The van der Waals surface area contributed by atoms with Crippen LogP contribution >= 0.6 is 11.3 Å². The van der Waals surface area contributed by atoms with Crippen LogP contribution in [0.4, 0.5) is 17.1 Å². The van der Waals surface area contributed by atoms with Crippen molar-refractivity contribution in [3.8, 4) is 33.4 Å². The van der Waals surface area contributed by atoms with Crippen molar-refractivity contribution in [3.05, 3.63) is 200 Å². The molecule has 244 valence electrons. The molecule has 10 rings (SSSR count). The lowest BCUT2D eigenvalue weighted by atomic mass is 9.97. The minimum atomic E-state index is 1.12. The Kier molecular flexibility index (Phi) is 7.41. The molecular weight excluding hydrogens is 647 g/mol. The van der Waals surface area contributed by atoms with Crippen molar-refractivity contribution in [1.29, 1.82) is 0 Å². The van der Waals surface area contributed by atoms with Gasteiger partial charge in [-0.05, 0) is 103 Å². The lowest BCUT2D eigenvalue weighted by Gasteiger charge is -2.27. The van der Waals surface area contributed by atoms with Crippen LogP contribution in [0.5, 0.6) is 0 Å². The van der Waals surface area contributed by atoms with Gasteiger partial charge in [-0.3, -0.25) is 0 Å². The highest BCUT2D eigenvalue weighted by Gasteiger charge is 2.19. The predicted molar refractivity (Wildman–Crippen MR) is 225 cm³/mol. The maximum atomic E-state index is 2.42. The molecule has 0 bridgehead atoms. The van der Waals surface area contributed by atoms with Gasteiger partial charge < -0.3 is 4.90 Å². The van der Waals surface area contributed by atoms with E-state index in [0.29, 0.717) is 0 Å². The van der Waals surface area contributed by atoms with Gasteiger partial charge in [-0.2, -0.15) is 0 Å². The van der Waals surface area contributed by atoms with Crippen molar-refractivity contribution in [2.75, 3.05) is 4.90 Å². The van der Waals surface area contributed by atoms with E-state index in [1.54, 1.807) is 0 Å². The molecule has 52 heavy (non-hydrogen) atoms. The van der Waals surface area contributed by atoms with E-state index in [-0.39, 0.29) is 0 Å². The minimum absolute atomic E-state index is 1.12. The summed E-state index contributed by atoms with van der Waals surface area (Å²) in [4.78, 5) is 2.42. The van der Waals surface area contributed by atoms with Gasteiger partial charge in [0.1, 0.15) is 0 Å². The van der Waals surface area contributed by atoms with Crippen LogP contribution in [0.1, 0.15) is 0 Å². The lowest BCUT2D eigenvalue weighted by Crippen LogP contribution is -2.10. The van der Waals surface area contributed by atoms with E-state index < -0.39 is 0 Å². The number of fused-ring (bicyclic) bond motifs is 6. The molecule has 0 aliphatic carbocycles. The predicted octanol–water partition coefficient (Wildman–Crippen LogP) is 14.8. The van der Waals surface area contributed by atoms with Gasteiger partial charge in [-0.15, -0.1) is 11.3 Å². The molecule has 9 aromatic carbocycles. The Morgan fingerprint density at radius 1 is 0.308 bits per heavy atom. The molecule has 0 N–H and O–H groups in total. The average molecular weight is 680 g/mol. The quantitative estimate of drug-likeness (QED) is 0.158. The van der Waals surface area contributed by atoms with Gasteiger partial charge in [0.25, 0.3) is 0 Å². The first-order chi connectivity index (χ1) is 25.8. The molecule has 0 saturated heterocycles. The van der Waals surface area contributed by atoms with Gasteiger partial charge >= 0.3 is 0 Å². The monoisotopic (exact) mass is 679 g/mol. The van der Waals surface area contributed by atoms with E-state index in [1.165, 1.54) is 80.8 Å². The zero-order chi connectivity index (χ0) is 34.4. The molecule has 0 spiro atoms. The van der Waals surface area contributed by atoms with Gasteiger partial charge in [0.15, 0.2) is 0 Å². The molecule has 0 radical (unpaired) electrons. The van der Waals surface area contributed by atoms with E-state index in [2.05, 4.69) is 205 Å². The molecule has 0 saturated carbocycles. The summed E-state index contributed by atoms with van der Waals surface area (Å²) in [6, 6.07) is 72.9. The third-order valence-electron chi connectivity index (χ3n) is 10.3. The molecule has 2 heteroatoms. The largest absolute Gasteiger partial charge is 0.310 e. The summed E-state index contributed by atoms with van der Waals surface area (Å²) in [6.07, 6.45) is 0. The van der Waals surface area contributed by atoms with Crippen LogP contribution in [-0.4, -0.2) is 0 Å². The van der Waals surface area contributed by atoms with E-state index in [9.17, 15) is 0 Å². The molecule has 0 unspecified atom stereocenters. The molecule has 0 aliphatic heterocycles. The van der Waals surface area contributed by atoms with Crippen LogP contribution in [0.25, 0.3) is 75.1 Å². The topological polar surface area (TPSA) is 3.24 Å². The van der Waals surface area contributed by atoms with Crippen LogP contribution in [0.2, 0.25) is 0 Å². The number of hydrogen-bond acceptors (Lipinski definition) is 2. The molecule has 1 nitrogen and oxygen atoms in total. The summed E-state index contributed by atoms with van der Waals surface area (Å²) in [5.41, 5.74) is 10.7. The molecular formula is C50H33NS. The summed E-state index contributed by atoms with van der Waals surface area (Å²) in [5.74, 6) is 0. The Hall–Kier alpha value is -6.48. The summed E-state index contributed by atoms with van der Waals surface area (Å²) in [7, 11) is 0. The molecule has 1 heterocycles. The third-order valence-corrected chi connectivity index (χ3v) is 11.4. The fourth-order valence-corrected chi connectivity index (χ4v) is 8.82. The van der Waals surface area contributed by atoms with Gasteiger partial charge in [-0.25, -0.2) is 0 Å². The summed E-state index contributed by atoms with van der Waals surface area (Å²) in [6.45, 7) is 0. The summed E-state index contributed by atoms with van der Waals surface area (Å²) >= 11 is 1.87. The van der Waals surface area contributed by atoms with Crippen molar-refractivity contribution in [3.63, 3.8) is 0 Å². The van der Waals surface area contributed by atoms with Crippen molar-refractivity contribution in [2.24, 2.45) is 0 Å². The number of nitrogens with zero attached hydrogens (tertiary/aromatic N) is 1. The lowest BCUT2D eigenvalue weighted by molar-refractivity contribution is 1.30. The molecule has 0 aliphatic rings. The van der Waals surface area contributed by atoms with Crippen molar-refractivity contribution in [2.45, 2.75) is 0 Å². The Morgan fingerprint density at radius 2 is 0.827 bits per heavy atom. The van der Waals surface area contributed by atoms with Gasteiger partial charge in [0, 0.05) is 31.5 Å². The second-order valence-electron chi connectivity index (χ2n) is 13.3. The van der Waals surface area contributed by atoms with Gasteiger partial charge in [0.2, 0.25) is 0 Å². The van der Waals surface area contributed by atoms with Crippen LogP contribution in [0.3, 0.4) is 0 Å². The first kappa shape index (κ1) is 30.4. The third kappa shape index (κ3) is 5.33. The fourth-order valence-electron chi connectivity index (χ4n) is 7.65. The summed E-state index contributed by atoms with van der Waals surface area (Å²) in [5, 5.41) is 7.65. The number of anilines is 3. The van der Waals surface area contributed by atoms with Crippen LogP contribution in [-0.2, 0) is 0 Å². The highest BCUT2D eigenvalue weighted by Crippen LogP contribution is 2.46. The number of hydrogen-bond donors (Lipinski definition) is 0. The second kappa shape index (κ2) is 12.7. The zero-order valence-corrected chi connectivity index (χ0v) is 29.2. The second-order valence-corrected chi connectivity index (χ2v) is 14.4. The van der Waals surface area contributed by atoms with E-state index in [1.807, 2.05) is 11.3 Å². The standard InChI is InChI=1S/C50H33NS/c1-3-10-34(11-4-1)36-22-27-42(28-23-36)51(47-16-9-17-48-50(47)45-31-26-41(33-49(45)52-48)35-12-5-2-6-13-35)43-29-24-37(25-30-43)40-21-20-39-19-18-38-14-7-8-15-44(38)46(39)32-40/h1-33H. The van der Waals surface area contributed by atoms with E-state index >= 15 is 0 Å². The molecule has 10 aromatic rings. The summed E-state index contributed by atoms with van der Waals surface area (Å²) < 4.78 is 2.57. The number of rotatable bonds is 6. The maximum absolute atomic E-state index is 2.42. The van der Waals surface area contributed by atoms with Crippen LogP contribution in [0.15, 0.2) is 200 Å². The Morgan fingerprint density at radius 3 is 1.54 bits per heavy atom. The Balaban J connectivity index is 1.11. The fraction of sp³-hybridized carbons (Fsp3) is 0. The van der Waals surface area contributed by atoms with Crippen molar-refractivity contribution in [1.82, 2.24) is 0 Å². The molecule has 0 atom stereocenters. The van der Waals surface area contributed by atoms with Crippen LogP contribution < -0.4 is 4.90 Å². The van der Waals surface area contributed by atoms with Gasteiger partial charge in [0.05, 0.1) is 5.69 Å². The van der Waals surface area contributed by atoms with Crippen LogP contribution in [0, 0.1) is 0 Å². The average Bonchev–Trinajstić information content (AvgIpc) is 3.61. The Bertz CT molecular complexity index is 2870. The van der Waals surface area contributed by atoms with Crippen molar-refractivity contribution >= 4 is 70.1 Å². The highest BCUT2D eigenvalue weighted by atomic mass is 32.1. The molecule has 0 fully saturated rings. The first-order valence-electron chi connectivity index (χ1n) is 17.8. The highest BCUT2D eigenvalue weighted by molar-refractivity contribution is 7.26. The number of benzene rings is 9. The maximum Gasteiger partial charge on any atom is 0.0554 e. The zero-order valence-electron chi connectivity index (χ0n) is 28.4. The van der Waals surface area contributed by atoms with Crippen molar-refractivity contribution < 1.29 is 0 Å². The van der Waals surface area contributed by atoms with Gasteiger partial charge in [-0.1, -0.05) is 152 Å². The SMILES string of the molecule is c1ccc(-c2ccc(N(c3ccc(-c4ccc5ccc6ccccc6c5c4)cc3)c3cccc4sc5cc(-c6ccccc6)ccc5c34)cc2)cc1. The number of thiophene rings is 1. The molecule has 1 aromatic heterocycles. The van der Waals surface area contributed by atoms with E-state index in [0.717, 1.165) is 11.4 Å². The normalized spacial score (nSPS) is 11.5. The minimum Gasteiger partial charge on any atom is -0.310 e. The molecule has 0 amide bonds. The Labute approximate surface area is 307 Å². The smallest absolute Gasteiger partial charge is 0.0554 e.